The topological polar surface area (TPSA) is 141 Å². The predicted octanol–water partition coefficient (Wildman–Crippen LogP) is 3.54. The van der Waals surface area contributed by atoms with E-state index in [1.54, 1.807) is 61.7 Å². The monoisotopic (exact) mass is 515 g/mol. The Bertz CT molecular complexity index is 1390. The molecule has 0 aliphatic rings. The fraction of sp³-hybridized carbons (Fsp3) is 0.111. The van der Waals surface area contributed by atoms with Gasteiger partial charge in [0.25, 0.3) is 11.8 Å². The molecule has 3 amide bonds. The van der Waals surface area contributed by atoms with Crippen LogP contribution in [0.4, 0.5) is 11.4 Å². The summed E-state index contributed by atoms with van der Waals surface area (Å²) in [4.78, 5) is 40.8. The summed E-state index contributed by atoms with van der Waals surface area (Å²) >= 11 is 0.757. The molecule has 4 rings (SSSR count). The third-order valence-electron chi connectivity index (χ3n) is 5.66. The number of aromatic nitrogens is 1. The number of primary amides is 1. The number of amides is 3. The minimum atomic E-state index is -1.08. The van der Waals surface area contributed by atoms with Crippen LogP contribution in [0.25, 0.3) is 0 Å². The maximum Gasteiger partial charge on any atom is 0.273 e. The number of hydrogen-bond donors (Lipinski definition) is 3. The van der Waals surface area contributed by atoms with Crippen molar-refractivity contribution in [2.45, 2.75) is 12.6 Å². The summed E-state index contributed by atoms with van der Waals surface area (Å²) in [5.41, 5.74) is 13.0. The quantitative estimate of drug-likeness (QED) is 0.311. The number of nitrogen functional groups attached to an aromatic ring is 1. The van der Waals surface area contributed by atoms with Crippen LogP contribution in [-0.2, 0) is 11.3 Å². The van der Waals surface area contributed by atoms with Gasteiger partial charge in [-0.3, -0.25) is 19.3 Å². The van der Waals surface area contributed by atoms with Crippen LogP contribution in [0.1, 0.15) is 37.3 Å². The first-order valence-corrected chi connectivity index (χ1v) is 12.1. The Morgan fingerprint density at radius 1 is 0.973 bits per heavy atom. The van der Waals surface area contributed by atoms with Crippen LogP contribution < -0.4 is 26.4 Å². The van der Waals surface area contributed by atoms with Gasteiger partial charge in [0.15, 0.2) is 5.69 Å². The number of nitrogens with two attached hydrogens (primary N) is 2. The van der Waals surface area contributed by atoms with Crippen molar-refractivity contribution in [1.82, 2.24) is 9.69 Å². The molecule has 1 atom stereocenters. The van der Waals surface area contributed by atoms with Crippen LogP contribution in [-0.4, -0.2) is 29.2 Å². The van der Waals surface area contributed by atoms with Gasteiger partial charge in [-0.15, -0.1) is 0 Å². The average Bonchev–Trinajstić information content (AvgIpc) is 3.32. The van der Waals surface area contributed by atoms with E-state index >= 15 is 0 Å². The molecule has 0 aliphatic heterocycles. The third-order valence-corrected chi connectivity index (χ3v) is 6.51. The number of para-hydroxylation sites is 1. The van der Waals surface area contributed by atoms with E-state index in [0.29, 0.717) is 17.0 Å². The summed E-state index contributed by atoms with van der Waals surface area (Å²) < 4.78 is 9.24. The van der Waals surface area contributed by atoms with E-state index in [1.165, 1.54) is 4.90 Å². The molecule has 5 N–H and O–H groups in total. The highest BCUT2D eigenvalue weighted by molar-refractivity contribution is 7.09. The lowest BCUT2D eigenvalue weighted by Gasteiger charge is -2.31. The number of carbonyl (C=O) groups excluding carboxylic acids is 3. The van der Waals surface area contributed by atoms with Gasteiger partial charge < -0.3 is 21.5 Å². The fourth-order valence-electron chi connectivity index (χ4n) is 3.80. The molecule has 1 heterocycles. The number of benzene rings is 3. The zero-order chi connectivity index (χ0) is 26.4. The highest BCUT2D eigenvalue weighted by Gasteiger charge is 2.36. The number of hydrogen-bond acceptors (Lipinski definition) is 7. The van der Waals surface area contributed by atoms with E-state index < -0.39 is 23.8 Å². The molecule has 37 heavy (non-hydrogen) atoms. The van der Waals surface area contributed by atoms with Crippen molar-refractivity contribution in [2.24, 2.45) is 5.73 Å². The van der Waals surface area contributed by atoms with Gasteiger partial charge in [0.2, 0.25) is 5.91 Å². The number of nitrogens with zero attached hydrogens (tertiary/aromatic N) is 2. The molecule has 0 spiro atoms. The van der Waals surface area contributed by atoms with E-state index in [-0.39, 0.29) is 22.8 Å². The molecule has 0 unspecified atom stereocenters. The summed E-state index contributed by atoms with van der Waals surface area (Å²) in [5, 5.41) is 2.94. The number of carbonyl (C=O) groups is 3. The van der Waals surface area contributed by atoms with Crippen molar-refractivity contribution < 1.29 is 19.1 Å². The molecule has 4 aromatic rings. The fourth-order valence-corrected chi connectivity index (χ4v) is 4.54. The molecule has 0 saturated carbocycles. The van der Waals surface area contributed by atoms with Crippen molar-refractivity contribution in [3.8, 4) is 5.75 Å². The van der Waals surface area contributed by atoms with Crippen LogP contribution in [0.15, 0.2) is 84.9 Å². The SMILES string of the molecule is COc1ccc([C@@H](C(=O)NCc2ccccc2)N(C(=O)c2snc(C(N)=O)c2N)c2ccccc2)cc1. The second kappa shape index (κ2) is 11.4. The highest BCUT2D eigenvalue weighted by atomic mass is 32.1. The second-order valence-corrected chi connectivity index (χ2v) is 8.80. The summed E-state index contributed by atoms with van der Waals surface area (Å²) in [7, 11) is 1.54. The van der Waals surface area contributed by atoms with Gasteiger partial charge in [-0.05, 0) is 46.9 Å². The minimum absolute atomic E-state index is 0.00650. The van der Waals surface area contributed by atoms with Crippen molar-refractivity contribution in [3.05, 3.63) is 107 Å². The zero-order valence-corrected chi connectivity index (χ0v) is 20.8. The molecule has 0 aliphatic carbocycles. The molecule has 0 saturated heterocycles. The minimum Gasteiger partial charge on any atom is -0.497 e. The second-order valence-electron chi connectivity index (χ2n) is 8.03. The van der Waals surface area contributed by atoms with Crippen LogP contribution >= 0.6 is 11.5 Å². The predicted molar refractivity (Wildman–Crippen MR) is 142 cm³/mol. The Kier molecular flexibility index (Phi) is 7.80. The molecule has 1 aromatic heterocycles. The Labute approximate surface area is 217 Å². The average molecular weight is 516 g/mol. The summed E-state index contributed by atoms with van der Waals surface area (Å²) in [6.45, 7) is 0.262. The maximum atomic E-state index is 14.0. The van der Waals surface area contributed by atoms with Gasteiger partial charge in [-0.1, -0.05) is 60.7 Å². The molecule has 3 aromatic carbocycles. The van der Waals surface area contributed by atoms with Crippen LogP contribution in [0.3, 0.4) is 0 Å². The lowest BCUT2D eigenvalue weighted by molar-refractivity contribution is -0.122. The number of rotatable bonds is 9. The van der Waals surface area contributed by atoms with Gasteiger partial charge in [0.05, 0.1) is 12.8 Å². The molecule has 9 nitrogen and oxygen atoms in total. The van der Waals surface area contributed by atoms with Crippen LogP contribution in [0.5, 0.6) is 5.75 Å². The number of ether oxygens (including phenoxy) is 1. The van der Waals surface area contributed by atoms with Gasteiger partial charge in [0.1, 0.15) is 16.7 Å². The van der Waals surface area contributed by atoms with Crippen molar-refractivity contribution >= 4 is 40.6 Å². The Balaban J connectivity index is 1.80. The molecule has 0 radical (unpaired) electrons. The van der Waals surface area contributed by atoms with Crippen LogP contribution in [0.2, 0.25) is 0 Å². The van der Waals surface area contributed by atoms with E-state index in [4.69, 9.17) is 16.2 Å². The zero-order valence-electron chi connectivity index (χ0n) is 20.0. The first kappa shape index (κ1) is 25.4. The normalized spacial score (nSPS) is 11.4. The third kappa shape index (κ3) is 5.60. The summed E-state index contributed by atoms with van der Waals surface area (Å²) in [6, 6.07) is 24.0. The molecular formula is C27H25N5O4S. The first-order valence-electron chi connectivity index (χ1n) is 11.3. The highest BCUT2D eigenvalue weighted by Crippen LogP contribution is 2.33. The van der Waals surface area contributed by atoms with Gasteiger partial charge in [0, 0.05) is 12.2 Å². The standard InChI is InChI=1S/C27H25N5O4S/c1-36-20-14-12-18(13-15-20)23(26(34)30-16-17-8-4-2-5-9-17)32(19-10-6-3-7-11-19)27(35)24-21(28)22(25(29)33)31-37-24/h2-15,23H,16,28H2,1H3,(H2,29,33)(H,30,34)/t23-/m0/s1. The van der Waals surface area contributed by atoms with Crippen molar-refractivity contribution in [2.75, 3.05) is 17.7 Å². The Morgan fingerprint density at radius 2 is 1.59 bits per heavy atom. The van der Waals surface area contributed by atoms with Gasteiger partial charge in [-0.25, -0.2) is 0 Å². The number of anilines is 2. The maximum absolute atomic E-state index is 14.0. The molecule has 10 heteroatoms. The molecular weight excluding hydrogens is 490 g/mol. The number of nitrogens with one attached hydrogen (secondary N) is 1. The Morgan fingerprint density at radius 3 is 2.16 bits per heavy atom. The molecule has 0 fully saturated rings. The van der Waals surface area contributed by atoms with Gasteiger partial charge in [-0.2, -0.15) is 4.37 Å². The van der Waals surface area contributed by atoms with E-state index in [2.05, 4.69) is 9.69 Å². The molecule has 188 valence electrons. The van der Waals surface area contributed by atoms with E-state index in [9.17, 15) is 14.4 Å². The smallest absolute Gasteiger partial charge is 0.273 e. The summed E-state index contributed by atoms with van der Waals surface area (Å²) in [6.07, 6.45) is 0. The largest absolute Gasteiger partial charge is 0.497 e. The van der Waals surface area contributed by atoms with Crippen molar-refractivity contribution in [1.29, 1.82) is 0 Å². The van der Waals surface area contributed by atoms with Gasteiger partial charge >= 0.3 is 0 Å². The first-order chi connectivity index (χ1) is 17.9. The van der Waals surface area contributed by atoms with E-state index in [0.717, 1.165) is 17.1 Å². The lowest BCUT2D eigenvalue weighted by Crippen LogP contribution is -2.44. The number of methoxy groups -OCH3 is 1. The lowest BCUT2D eigenvalue weighted by atomic mass is 10.0. The summed E-state index contributed by atoms with van der Waals surface area (Å²) in [5.74, 6) is -1.25. The van der Waals surface area contributed by atoms with Crippen LogP contribution in [0, 0.1) is 0 Å². The molecule has 0 bridgehead atoms. The van der Waals surface area contributed by atoms with Crippen molar-refractivity contribution in [3.63, 3.8) is 0 Å². The Hall–Kier alpha value is -4.70. The van der Waals surface area contributed by atoms with E-state index in [1.807, 2.05) is 30.3 Å².